The molecule has 0 aliphatic rings. The van der Waals surface area contributed by atoms with E-state index in [1.165, 1.54) is 19.2 Å². The average Bonchev–Trinajstić information content (AvgIpc) is 2.36. The van der Waals surface area contributed by atoms with Gasteiger partial charge in [-0.15, -0.1) is 0 Å². The van der Waals surface area contributed by atoms with E-state index in [-0.39, 0.29) is 18.1 Å². The van der Waals surface area contributed by atoms with Crippen molar-refractivity contribution in [3.05, 3.63) is 28.3 Å². The number of nitro groups is 1. The van der Waals surface area contributed by atoms with E-state index in [9.17, 15) is 14.9 Å². The Morgan fingerprint density at radius 3 is 2.72 bits per heavy atom. The summed E-state index contributed by atoms with van der Waals surface area (Å²) in [6, 6.07) is 4.31. The summed E-state index contributed by atoms with van der Waals surface area (Å²) in [5.74, 6) is 0.186. The number of nitrogens with one attached hydrogen (secondary N) is 2. The smallest absolute Gasteiger partial charge is 0.275 e. The number of nitro benzene ring substituents is 1. The highest BCUT2D eigenvalue weighted by atomic mass is 16.6. The van der Waals surface area contributed by atoms with E-state index >= 15 is 0 Å². The Kier molecular flexibility index (Phi) is 4.91. The first-order valence-corrected chi connectivity index (χ1v) is 5.43. The molecule has 18 heavy (non-hydrogen) atoms. The predicted octanol–water partition coefficient (Wildman–Crippen LogP) is 1.15. The molecule has 7 nitrogen and oxygen atoms in total. The lowest BCUT2D eigenvalue weighted by molar-refractivity contribution is -0.384. The lowest BCUT2D eigenvalue weighted by Gasteiger charge is -2.08. The molecule has 1 rings (SSSR count). The first-order chi connectivity index (χ1) is 8.56. The lowest BCUT2D eigenvalue weighted by Crippen LogP contribution is -2.26. The standard InChI is InChI=1S/C11H15N3O4/c1-3-18-10-5-8(13-7-11(15)12-2)4-9(6-10)14(16)17/h4-6,13H,3,7H2,1-2H3,(H,12,15). The van der Waals surface area contributed by atoms with Gasteiger partial charge in [0.05, 0.1) is 24.1 Å². The van der Waals surface area contributed by atoms with Gasteiger partial charge < -0.3 is 15.4 Å². The van der Waals surface area contributed by atoms with Crippen LogP contribution in [-0.2, 0) is 4.79 Å². The van der Waals surface area contributed by atoms with Crippen molar-refractivity contribution in [2.45, 2.75) is 6.92 Å². The van der Waals surface area contributed by atoms with Crippen LogP contribution in [0.25, 0.3) is 0 Å². The van der Waals surface area contributed by atoms with Crippen LogP contribution >= 0.6 is 0 Å². The minimum Gasteiger partial charge on any atom is -0.494 e. The SMILES string of the molecule is CCOc1cc(NCC(=O)NC)cc([N+](=O)[O-])c1. The van der Waals surface area contributed by atoms with E-state index in [0.717, 1.165) is 0 Å². The van der Waals surface area contributed by atoms with Crippen molar-refractivity contribution in [2.24, 2.45) is 0 Å². The summed E-state index contributed by atoms with van der Waals surface area (Å²) in [6.07, 6.45) is 0. The summed E-state index contributed by atoms with van der Waals surface area (Å²) in [5, 5.41) is 16.0. The molecule has 0 bridgehead atoms. The van der Waals surface area contributed by atoms with Gasteiger partial charge in [-0.1, -0.05) is 0 Å². The molecule has 7 heteroatoms. The topological polar surface area (TPSA) is 93.5 Å². The Morgan fingerprint density at radius 2 is 2.17 bits per heavy atom. The fourth-order valence-electron chi connectivity index (χ4n) is 1.31. The number of hydrogen-bond donors (Lipinski definition) is 2. The molecule has 0 heterocycles. The van der Waals surface area contributed by atoms with E-state index in [1.54, 1.807) is 13.0 Å². The first-order valence-electron chi connectivity index (χ1n) is 5.43. The first kappa shape index (κ1) is 13.8. The Labute approximate surface area is 104 Å². The fraction of sp³-hybridized carbons (Fsp3) is 0.364. The van der Waals surface area contributed by atoms with Crippen LogP contribution < -0.4 is 15.4 Å². The van der Waals surface area contributed by atoms with E-state index in [4.69, 9.17) is 4.74 Å². The van der Waals surface area contributed by atoms with Crippen LogP contribution in [0.4, 0.5) is 11.4 Å². The van der Waals surface area contributed by atoms with Crippen molar-refractivity contribution < 1.29 is 14.5 Å². The summed E-state index contributed by atoms with van der Waals surface area (Å²) in [6.45, 7) is 2.25. The molecule has 0 saturated heterocycles. The number of nitrogens with zero attached hydrogens (tertiary/aromatic N) is 1. The molecule has 0 spiro atoms. The molecule has 2 N–H and O–H groups in total. The summed E-state index contributed by atoms with van der Waals surface area (Å²) in [7, 11) is 1.52. The molecule has 1 aromatic carbocycles. The number of carbonyl (C=O) groups is 1. The molecule has 0 atom stereocenters. The Bertz CT molecular complexity index is 448. The molecule has 0 aliphatic heterocycles. The van der Waals surface area contributed by atoms with Gasteiger partial charge in [-0.3, -0.25) is 14.9 Å². The van der Waals surface area contributed by atoms with Crippen molar-refractivity contribution in [3.8, 4) is 5.75 Å². The normalized spacial score (nSPS) is 9.67. The molecule has 0 radical (unpaired) electrons. The second kappa shape index (κ2) is 6.43. The van der Waals surface area contributed by atoms with Crippen LogP contribution in [0.5, 0.6) is 5.75 Å². The molecule has 1 aromatic rings. The van der Waals surface area contributed by atoms with Crippen molar-refractivity contribution in [1.82, 2.24) is 5.32 Å². The van der Waals surface area contributed by atoms with Crippen molar-refractivity contribution in [3.63, 3.8) is 0 Å². The minimum atomic E-state index is -0.506. The van der Waals surface area contributed by atoms with Crippen LogP contribution in [0.2, 0.25) is 0 Å². The Hall–Kier alpha value is -2.31. The zero-order valence-electron chi connectivity index (χ0n) is 10.2. The van der Waals surface area contributed by atoms with Gasteiger partial charge in [0, 0.05) is 24.9 Å². The molecular weight excluding hydrogens is 238 g/mol. The minimum absolute atomic E-state index is 0.0449. The van der Waals surface area contributed by atoms with Gasteiger partial charge in [-0.2, -0.15) is 0 Å². The highest BCUT2D eigenvalue weighted by Gasteiger charge is 2.10. The van der Waals surface area contributed by atoms with Crippen LogP contribution in [0, 0.1) is 10.1 Å². The van der Waals surface area contributed by atoms with Gasteiger partial charge in [0.25, 0.3) is 5.69 Å². The monoisotopic (exact) mass is 253 g/mol. The van der Waals surface area contributed by atoms with Gasteiger partial charge in [-0.25, -0.2) is 0 Å². The third kappa shape index (κ3) is 3.93. The molecule has 0 unspecified atom stereocenters. The maximum atomic E-state index is 11.1. The molecule has 0 fully saturated rings. The maximum absolute atomic E-state index is 11.1. The van der Waals surface area contributed by atoms with Crippen LogP contribution in [0.15, 0.2) is 18.2 Å². The molecule has 0 aliphatic carbocycles. The third-order valence-electron chi connectivity index (χ3n) is 2.15. The second-order valence-corrected chi connectivity index (χ2v) is 3.43. The van der Waals surface area contributed by atoms with Gasteiger partial charge in [0.15, 0.2) is 0 Å². The molecular formula is C11H15N3O4. The quantitative estimate of drug-likeness (QED) is 0.586. The molecule has 98 valence electrons. The van der Waals surface area contributed by atoms with Gasteiger partial charge >= 0.3 is 0 Å². The number of non-ortho nitro benzene ring substituents is 1. The number of likely N-dealkylation sites (N-methyl/N-ethyl adjacent to an activating group) is 1. The van der Waals surface area contributed by atoms with Crippen molar-refractivity contribution in [1.29, 1.82) is 0 Å². The number of benzene rings is 1. The number of rotatable bonds is 6. The highest BCUT2D eigenvalue weighted by molar-refractivity contribution is 5.80. The number of anilines is 1. The van der Waals surface area contributed by atoms with E-state index in [1.807, 2.05) is 0 Å². The fourth-order valence-corrected chi connectivity index (χ4v) is 1.31. The predicted molar refractivity (Wildman–Crippen MR) is 66.8 cm³/mol. The number of ether oxygens (including phenoxy) is 1. The summed E-state index contributed by atoms with van der Waals surface area (Å²) < 4.78 is 5.23. The zero-order valence-corrected chi connectivity index (χ0v) is 10.2. The number of carbonyl (C=O) groups excluding carboxylic acids is 1. The van der Waals surface area contributed by atoms with Gasteiger partial charge in [0.2, 0.25) is 5.91 Å². The van der Waals surface area contributed by atoms with Crippen LogP contribution in [0.3, 0.4) is 0 Å². The zero-order chi connectivity index (χ0) is 13.5. The van der Waals surface area contributed by atoms with Gasteiger partial charge in [-0.05, 0) is 6.92 Å². The molecule has 0 saturated carbocycles. The summed E-state index contributed by atoms with van der Waals surface area (Å²) in [4.78, 5) is 21.3. The number of amides is 1. The Morgan fingerprint density at radius 1 is 1.44 bits per heavy atom. The van der Waals surface area contributed by atoms with E-state index < -0.39 is 4.92 Å². The average molecular weight is 253 g/mol. The van der Waals surface area contributed by atoms with Gasteiger partial charge in [0.1, 0.15) is 5.75 Å². The molecule has 0 aromatic heterocycles. The maximum Gasteiger partial charge on any atom is 0.275 e. The lowest BCUT2D eigenvalue weighted by atomic mass is 10.2. The van der Waals surface area contributed by atoms with Crippen molar-refractivity contribution in [2.75, 3.05) is 25.5 Å². The Balaban J connectivity index is 2.88. The van der Waals surface area contributed by atoms with Crippen molar-refractivity contribution >= 4 is 17.3 Å². The number of hydrogen-bond acceptors (Lipinski definition) is 5. The molecule has 1 amide bonds. The van der Waals surface area contributed by atoms with E-state index in [2.05, 4.69) is 10.6 Å². The van der Waals surface area contributed by atoms with Crippen LogP contribution in [0.1, 0.15) is 6.92 Å². The summed E-state index contributed by atoms with van der Waals surface area (Å²) >= 11 is 0. The van der Waals surface area contributed by atoms with E-state index in [0.29, 0.717) is 18.0 Å². The highest BCUT2D eigenvalue weighted by Crippen LogP contribution is 2.25. The largest absolute Gasteiger partial charge is 0.494 e. The summed E-state index contributed by atoms with van der Waals surface area (Å²) in [5.41, 5.74) is 0.386. The third-order valence-corrected chi connectivity index (χ3v) is 2.15. The second-order valence-electron chi connectivity index (χ2n) is 3.43. The van der Waals surface area contributed by atoms with Crippen LogP contribution in [-0.4, -0.2) is 31.0 Å².